The maximum Gasteiger partial charge on any atom is 0.173 e. The van der Waals surface area contributed by atoms with Crippen LogP contribution < -0.4 is 0 Å². The van der Waals surface area contributed by atoms with Crippen molar-refractivity contribution < 1.29 is 0 Å². The van der Waals surface area contributed by atoms with E-state index in [4.69, 9.17) is 0 Å². The Morgan fingerprint density at radius 2 is 1.86 bits per heavy atom. The maximum absolute atomic E-state index is 11.9. The molecule has 0 saturated heterocycles. The monoisotopic (exact) mass is 294 g/mol. The van der Waals surface area contributed by atoms with E-state index in [1.807, 2.05) is 24.3 Å². The molecule has 3 aliphatic carbocycles. The third-order valence-electron chi connectivity index (χ3n) is 6.41. The van der Waals surface area contributed by atoms with Crippen molar-refractivity contribution in [2.45, 2.75) is 45.6 Å². The van der Waals surface area contributed by atoms with Crippen LogP contribution in [0.4, 0.5) is 0 Å². The summed E-state index contributed by atoms with van der Waals surface area (Å²) in [6.07, 6.45) is 10.8. The van der Waals surface area contributed by atoms with E-state index in [0.29, 0.717) is 5.92 Å². The molecule has 2 fully saturated rings. The van der Waals surface area contributed by atoms with Gasteiger partial charge >= 0.3 is 0 Å². The van der Waals surface area contributed by atoms with Gasteiger partial charge in [-0.2, -0.15) is 5.26 Å². The van der Waals surface area contributed by atoms with E-state index in [2.05, 4.69) is 43.9 Å². The highest BCUT2D eigenvalue weighted by molar-refractivity contribution is 5.38. The molecule has 0 aromatic carbocycles. The van der Waals surface area contributed by atoms with Crippen LogP contribution in [0.1, 0.15) is 40.0 Å². The van der Waals surface area contributed by atoms with Crippen molar-refractivity contribution in [2.24, 2.45) is 33.8 Å². The molecule has 0 spiro atoms. The zero-order chi connectivity index (χ0) is 16.0. The number of allylic oxidation sites excluding steroid dienone is 4. The largest absolute Gasteiger partial charge is 0.198 e. The Balaban J connectivity index is 2.01. The summed E-state index contributed by atoms with van der Waals surface area (Å²) in [5.41, 5.74) is -1.17. The Bertz CT molecular complexity index is 650. The van der Waals surface area contributed by atoms with E-state index in [1.54, 1.807) is 0 Å². The quantitative estimate of drug-likeness (QED) is 0.537. The van der Waals surface area contributed by atoms with Crippen molar-refractivity contribution >= 4 is 0 Å². The maximum atomic E-state index is 11.9. The van der Waals surface area contributed by atoms with Gasteiger partial charge in [0.1, 0.15) is 0 Å². The van der Waals surface area contributed by atoms with Crippen molar-refractivity contribution in [1.29, 1.82) is 5.26 Å². The van der Waals surface area contributed by atoms with Gasteiger partial charge in [-0.15, -0.1) is 4.91 Å². The summed E-state index contributed by atoms with van der Waals surface area (Å²) in [6.45, 7) is 6.43. The second kappa shape index (κ2) is 4.82. The average Bonchev–Trinajstić information content (AvgIpc) is 2.98. The molecule has 0 aromatic heterocycles. The van der Waals surface area contributed by atoms with Crippen molar-refractivity contribution in [3.63, 3.8) is 0 Å². The van der Waals surface area contributed by atoms with Crippen molar-refractivity contribution in [3.8, 4) is 17.9 Å². The van der Waals surface area contributed by atoms with Crippen LogP contribution in [0.25, 0.3) is 0 Å². The molecule has 2 saturated carbocycles. The SMILES string of the molecule is CC12CCC(C1)C(C)(C)C2(C#CC1C=CC=CC1C#N)N=O. The topological polar surface area (TPSA) is 53.2 Å². The predicted octanol–water partition coefficient (Wildman–Crippen LogP) is 4.22. The molecule has 0 aromatic rings. The molecule has 3 nitrogen and oxygen atoms in total. The second-order valence-electron chi connectivity index (χ2n) is 7.74. The lowest BCUT2D eigenvalue weighted by Gasteiger charge is -2.45. The van der Waals surface area contributed by atoms with Crippen molar-refractivity contribution in [1.82, 2.24) is 0 Å². The van der Waals surface area contributed by atoms with Gasteiger partial charge in [0.05, 0.1) is 17.9 Å². The molecule has 3 aliphatic rings. The minimum Gasteiger partial charge on any atom is -0.198 e. The highest BCUT2D eigenvalue weighted by Crippen LogP contribution is 2.69. The first kappa shape index (κ1) is 15.0. The molecular weight excluding hydrogens is 272 g/mol. The summed E-state index contributed by atoms with van der Waals surface area (Å²) >= 11 is 0. The summed E-state index contributed by atoms with van der Waals surface area (Å²) in [5, 5.41) is 12.9. The minimum absolute atomic E-state index is 0.133. The molecular formula is C19H22N2O. The molecule has 22 heavy (non-hydrogen) atoms. The smallest absolute Gasteiger partial charge is 0.173 e. The van der Waals surface area contributed by atoms with E-state index in [1.165, 1.54) is 0 Å². The van der Waals surface area contributed by atoms with Gasteiger partial charge in [0.15, 0.2) is 5.54 Å². The molecule has 3 rings (SSSR count). The Labute approximate surface area is 132 Å². The van der Waals surface area contributed by atoms with E-state index in [9.17, 15) is 10.2 Å². The lowest BCUT2D eigenvalue weighted by Crippen LogP contribution is -2.51. The number of fused-ring (bicyclic) bond motifs is 2. The predicted molar refractivity (Wildman–Crippen MR) is 86.4 cm³/mol. The number of hydrogen-bond donors (Lipinski definition) is 0. The van der Waals surface area contributed by atoms with E-state index in [-0.39, 0.29) is 22.7 Å². The van der Waals surface area contributed by atoms with Gasteiger partial charge in [-0.1, -0.05) is 56.9 Å². The van der Waals surface area contributed by atoms with Gasteiger partial charge in [-0.3, -0.25) is 0 Å². The fourth-order valence-corrected chi connectivity index (χ4v) is 4.88. The molecule has 0 amide bonds. The molecule has 0 radical (unpaired) electrons. The number of rotatable bonds is 1. The first-order chi connectivity index (χ1) is 10.4. The van der Waals surface area contributed by atoms with Crippen LogP contribution >= 0.6 is 0 Å². The third kappa shape index (κ3) is 1.75. The van der Waals surface area contributed by atoms with Crippen LogP contribution in [0.5, 0.6) is 0 Å². The number of nitriles is 1. The Morgan fingerprint density at radius 3 is 2.41 bits per heavy atom. The molecule has 2 bridgehead atoms. The van der Waals surface area contributed by atoms with Crippen molar-refractivity contribution in [2.75, 3.05) is 0 Å². The standard InChI is InChI=1S/C19H22N2O/c1-17(2)16-9-10-18(3,12-16)19(17,21-22)11-8-14-6-4-5-7-15(14)13-20/h4-7,14-16H,9-10,12H2,1-3H3. The first-order valence-electron chi connectivity index (χ1n) is 8.02. The molecule has 0 aliphatic heterocycles. The zero-order valence-corrected chi connectivity index (χ0v) is 13.5. The van der Waals surface area contributed by atoms with Crippen LogP contribution in [0.3, 0.4) is 0 Å². The minimum atomic E-state index is -0.835. The fraction of sp³-hybridized carbons (Fsp3) is 0.632. The first-order valence-corrected chi connectivity index (χ1v) is 8.02. The zero-order valence-electron chi connectivity index (χ0n) is 13.5. The average molecular weight is 294 g/mol. The molecule has 0 heterocycles. The summed E-state index contributed by atoms with van der Waals surface area (Å²) in [7, 11) is 0. The van der Waals surface area contributed by atoms with Gasteiger partial charge in [-0.25, -0.2) is 0 Å². The lowest BCUT2D eigenvalue weighted by molar-refractivity contribution is 0.0870. The van der Waals surface area contributed by atoms with Gasteiger partial charge in [-0.05, 0) is 30.4 Å². The highest BCUT2D eigenvalue weighted by Gasteiger charge is 2.70. The van der Waals surface area contributed by atoms with Crippen LogP contribution in [-0.2, 0) is 0 Å². The fourth-order valence-electron chi connectivity index (χ4n) is 4.88. The lowest BCUT2D eigenvalue weighted by atomic mass is 9.58. The third-order valence-corrected chi connectivity index (χ3v) is 6.41. The van der Waals surface area contributed by atoms with E-state index < -0.39 is 5.54 Å². The number of nitrogens with zero attached hydrogens (tertiary/aromatic N) is 2. The van der Waals surface area contributed by atoms with E-state index in [0.717, 1.165) is 19.3 Å². The summed E-state index contributed by atoms with van der Waals surface area (Å²) in [4.78, 5) is 11.9. The van der Waals surface area contributed by atoms with Gasteiger partial charge in [0.25, 0.3) is 0 Å². The molecule has 5 atom stereocenters. The van der Waals surface area contributed by atoms with Crippen molar-refractivity contribution in [3.05, 3.63) is 29.2 Å². The van der Waals surface area contributed by atoms with E-state index >= 15 is 0 Å². The van der Waals surface area contributed by atoms with Gasteiger partial charge in [0.2, 0.25) is 0 Å². The second-order valence-corrected chi connectivity index (χ2v) is 7.74. The summed E-state index contributed by atoms with van der Waals surface area (Å²) in [6, 6.07) is 2.27. The van der Waals surface area contributed by atoms with Gasteiger partial charge < -0.3 is 0 Å². The Morgan fingerprint density at radius 1 is 1.18 bits per heavy atom. The Hall–Kier alpha value is -1.87. The molecule has 3 heteroatoms. The normalized spacial score (nSPS) is 44.2. The summed E-state index contributed by atoms with van der Waals surface area (Å²) in [5.74, 6) is 6.62. The summed E-state index contributed by atoms with van der Waals surface area (Å²) < 4.78 is 0. The number of hydrogen-bond acceptors (Lipinski definition) is 3. The van der Waals surface area contributed by atoms with Crippen LogP contribution in [0, 0.1) is 56.7 Å². The van der Waals surface area contributed by atoms with Crippen LogP contribution in [-0.4, -0.2) is 5.54 Å². The van der Waals surface area contributed by atoms with Crippen LogP contribution in [0.2, 0.25) is 0 Å². The van der Waals surface area contributed by atoms with Gasteiger partial charge in [0, 0.05) is 10.8 Å². The number of nitroso groups, excluding NO2 is 1. The Kier molecular flexibility index (Phi) is 3.29. The molecule has 114 valence electrons. The highest BCUT2D eigenvalue weighted by atomic mass is 16.3. The molecule has 0 N–H and O–H groups in total. The molecule has 5 unspecified atom stereocenters. The van der Waals surface area contributed by atoms with Crippen LogP contribution in [0.15, 0.2) is 29.5 Å².